The molecule has 12 heavy (non-hydrogen) atoms. The molecule has 1 rings (SSSR count). The van der Waals surface area contributed by atoms with Gasteiger partial charge in [0.2, 0.25) is 0 Å². The summed E-state index contributed by atoms with van der Waals surface area (Å²) in [7, 11) is 0.504. The van der Waals surface area contributed by atoms with Gasteiger partial charge in [-0.05, 0) is 6.92 Å². The van der Waals surface area contributed by atoms with Crippen molar-refractivity contribution in [2.75, 3.05) is 0 Å². The first-order valence-corrected chi connectivity index (χ1v) is 6.18. The highest BCUT2D eigenvalue weighted by Gasteiger charge is 1.96. The molecule has 66 valence electrons. The van der Waals surface area contributed by atoms with E-state index in [2.05, 4.69) is 28.3 Å². The van der Waals surface area contributed by atoms with Crippen LogP contribution in [0.2, 0.25) is 0 Å². The van der Waals surface area contributed by atoms with Crippen LogP contribution in [0.4, 0.5) is 0 Å². The molecule has 1 aromatic heterocycles. The summed E-state index contributed by atoms with van der Waals surface area (Å²) in [6.45, 7) is 2.14. The van der Waals surface area contributed by atoms with Crippen molar-refractivity contribution in [1.82, 2.24) is 9.55 Å². The number of nitrogens with zero attached hydrogens (tertiary/aromatic N) is 2. The number of allylic oxidation sites excluding steroid dienone is 1. The summed E-state index contributed by atoms with van der Waals surface area (Å²) in [5.41, 5.74) is 2.18. The third kappa shape index (κ3) is 2.76. The average Bonchev–Trinajstić information content (AvgIpc) is 2.56. The molecule has 0 saturated heterocycles. The molecule has 1 aromatic rings. The van der Waals surface area contributed by atoms with Crippen molar-refractivity contribution in [1.29, 1.82) is 0 Å². The van der Waals surface area contributed by atoms with E-state index in [0.29, 0.717) is 6.04 Å². The molecule has 3 nitrogen and oxygen atoms in total. The van der Waals surface area contributed by atoms with Crippen LogP contribution in [0, 0.1) is 0 Å². The Kier molecular flexibility index (Phi) is 3.99. The van der Waals surface area contributed by atoms with E-state index in [9.17, 15) is 0 Å². The van der Waals surface area contributed by atoms with Crippen molar-refractivity contribution in [3.63, 3.8) is 0 Å². The standard InChI is InChI=1S/C7H14N2OSi2/c1-7(2-5-12-10-11)9-4-3-8-6-9/h2-7H,12H2,1,11H3. The van der Waals surface area contributed by atoms with E-state index in [1.807, 2.05) is 12.5 Å². The van der Waals surface area contributed by atoms with Crippen LogP contribution in [0.5, 0.6) is 0 Å². The van der Waals surface area contributed by atoms with E-state index in [0.717, 1.165) is 10.5 Å². The van der Waals surface area contributed by atoms with Crippen LogP contribution in [-0.4, -0.2) is 29.8 Å². The summed E-state index contributed by atoms with van der Waals surface area (Å²) in [6.07, 6.45) is 7.77. The van der Waals surface area contributed by atoms with Gasteiger partial charge in [-0.15, -0.1) is 0 Å². The number of hydrogen-bond acceptors (Lipinski definition) is 2. The molecule has 0 amide bonds. The smallest absolute Gasteiger partial charge is 0.170 e. The first kappa shape index (κ1) is 9.43. The zero-order valence-corrected chi connectivity index (χ0v) is 10.9. The zero-order valence-electron chi connectivity index (χ0n) is 7.47. The Bertz CT molecular complexity index is 236. The Hall–Kier alpha value is -0.656. The molecule has 0 spiro atoms. The summed E-state index contributed by atoms with van der Waals surface area (Å²) in [5.74, 6) is 0. The Morgan fingerprint density at radius 2 is 2.58 bits per heavy atom. The second-order valence-corrected chi connectivity index (χ2v) is 5.75. The molecule has 0 aliphatic carbocycles. The normalized spacial score (nSPS) is 15.1. The van der Waals surface area contributed by atoms with E-state index < -0.39 is 0 Å². The molecule has 0 saturated carbocycles. The number of aromatic nitrogens is 2. The maximum Gasteiger partial charge on any atom is 0.170 e. The Morgan fingerprint density at radius 3 is 3.17 bits per heavy atom. The molecule has 0 fully saturated rings. The van der Waals surface area contributed by atoms with Crippen molar-refractivity contribution in [2.24, 2.45) is 0 Å². The Labute approximate surface area is 77.9 Å². The first-order valence-electron chi connectivity index (χ1n) is 3.97. The predicted octanol–water partition coefficient (Wildman–Crippen LogP) is -0.661. The van der Waals surface area contributed by atoms with Crippen LogP contribution in [0.25, 0.3) is 0 Å². The SMILES string of the molecule is CC(C=C[SiH2]O[SiH3])n1ccnc1. The van der Waals surface area contributed by atoms with E-state index in [-0.39, 0.29) is 9.76 Å². The summed E-state index contributed by atoms with van der Waals surface area (Å²) in [5, 5.41) is 0. The topological polar surface area (TPSA) is 27.1 Å². The largest absolute Gasteiger partial charge is 0.465 e. The van der Waals surface area contributed by atoms with Gasteiger partial charge in [0.1, 0.15) is 10.5 Å². The molecule has 0 aliphatic rings. The van der Waals surface area contributed by atoms with Crippen molar-refractivity contribution in [3.05, 3.63) is 30.5 Å². The van der Waals surface area contributed by atoms with Crippen molar-refractivity contribution >= 4 is 20.2 Å². The van der Waals surface area contributed by atoms with Crippen LogP contribution in [0.3, 0.4) is 0 Å². The van der Waals surface area contributed by atoms with Crippen LogP contribution >= 0.6 is 0 Å². The van der Waals surface area contributed by atoms with Crippen LogP contribution in [0.1, 0.15) is 13.0 Å². The van der Waals surface area contributed by atoms with Crippen molar-refractivity contribution < 1.29 is 4.12 Å². The van der Waals surface area contributed by atoms with Gasteiger partial charge in [0.05, 0.1) is 6.33 Å². The third-order valence-corrected chi connectivity index (χ3v) is 3.47. The van der Waals surface area contributed by atoms with E-state index in [1.54, 1.807) is 6.20 Å². The maximum absolute atomic E-state index is 5.18. The van der Waals surface area contributed by atoms with Crippen molar-refractivity contribution in [3.8, 4) is 0 Å². The zero-order chi connectivity index (χ0) is 8.81. The van der Waals surface area contributed by atoms with Gasteiger partial charge in [0.25, 0.3) is 0 Å². The second kappa shape index (κ2) is 5.07. The van der Waals surface area contributed by atoms with Crippen LogP contribution in [0.15, 0.2) is 30.5 Å². The van der Waals surface area contributed by atoms with Crippen molar-refractivity contribution in [2.45, 2.75) is 13.0 Å². The lowest BCUT2D eigenvalue weighted by molar-refractivity contribution is 0.654. The van der Waals surface area contributed by atoms with E-state index >= 15 is 0 Å². The van der Waals surface area contributed by atoms with Gasteiger partial charge >= 0.3 is 0 Å². The van der Waals surface area contributed by atoms with Crippen LogP contribution < -0.4 is 0 Å². The lowest BCUT2D eigenvalue weighted by atomic mass is 10.3. The molecule has 0 aliphatic heterocycles. The summed E-state index contributed by atoms with van der Waals surface area (Å²) in [4.78, 5) is 3.99. The first-order chi connectivity index (χ1) is 5.84. The van der Waals surface area contributed by atoms with Gasteiger partial charge < -0.3 is 8.68 Å². The van der Waals surface area contributed by atoms with Crippen LogP contribution in [-0.2, 0) is 4.12 Å². The highest BCUT2D eigenvalue weighted by atomic mass is 28.3. The lowest BCUT2D eigenvalue weighted by Crippen LogP contribution is -1.99. The quantitative estimate of drug-likeness (QED) is 0.601. The van der Waals surface area contributed by atoms with Gasteiger partial charge in [-0.2, -0.15) is 0 Å². The summed E-state index contributed by atoms with van der Waals surface area (Å²) >= 11 is 0. The highest BCUT2D eigenvalue weighted by Crippen LogP contribution is 2.04. The van der Waals surface area contributed by atoms with Gasteiger partial charge in [0, 0.05) is 18.4 Å². The van der Waals surface area contributed by atoms with Gasteiger partial charge in [-0.1, -0.05) is 11.8 Å². The molecule has 5 heteroatoms. The third-order valence-electron chi connectivity index (χ3n) is 1.67. The van der Waals surface area contributed by atoms with Gasteiger partial charge in [-0.3, -0.25) is 0 Å². The molecule has 1 heterocycles. The highest BCUT2D eigenvalue weighted by molar-refractivity contribution is 6.39. The fourth-order valence-corrected chi connectivity index (χ4v) is 2.23. The van der Waals surface area contributed by atoms with Gasteiger partial charge in [0.15, 0.2) is 9.76 Å². The molecule has 1 atom stereocenters. The molecule has 0 aromatic carbocycles. The molecule has 0 radical (unpaired) electrons. The molecular formula is C7H14N2OSi2. The fourth-order valence-electron chi connectivity index (χ4n) is 0.958. The number of rotatable bonds is 4. The number of imidazole rings is 1. The van der Waals surface area contributed by atoms with E-state index in [4.69, 9.17) is 4.12 Å². The Morgan fingerprint density at radius 1 is 1.75 bits per heavy atom. The second-order valence-electron chi connectivity index (χ2n) is 2.63. The molecule has 0 N–H and O–H groups in total. The summed E-state index contributed by atoms with van der Waals surface area (Å²) in [6, 6.07) is 0.400. The Balaban J connectivity index is 2.44. The number of hydrogen-bond donors (Lipinski definition) is 0. The maximum atomic E-state index is 5.18. The fraction of sp³-hybridized carbons (Fsp3) is 0.286. The van der Waals surface area contributed by atoms with E-state index in [1.165, 1.54) is 0 Å². The average molecular weight is 198 g/mol. The minimum absolute atomic E-state index is 0.362. The molecule has 1 unspecified atom stereocenters. The predicted molar refractivity (Wildman–Crippen MR) is 55.6 cm³/mol. The monoisotopic (exact) mass is 198 g/mol. The summed E-state index contributed by atoms with van der Waals surface area (Å²) < 4.78 is 7.24. The minimum atomic E-state index is -0.362. The lowest BCUT2D eigenvalue weighted by Gasteiger charge is -2.06. The minimum Gasteiger partial charge on any atom is -0.465 e. The molecular weight excluding hydrogens is 184 g/mol. The molecule has 0 bridgehead atoms. The van der Waals surface area contributed by atoms with Gasteiger partial charge in [-0.25, -0.2) is 4.98 Å².